The number of aliphatic hydroxyl groups is 1. The Hall–Kier alpha value is -3.33. The molecule has 0 bridgehead atoms. The summed E-state index contributed by atoms with van der Waals surface area (Å²) in [6, 6.07) is 9.70. The maximum Gasteiger partial charge on any atom is 0.393 e. The fraction of sp³-hybridized carbons (Fsp3) is 0.545. The number of halogens is 3. The molecule has 0 amide bonds. The molecule has 0 aliphatic carbocycles. The number of anilines is 1. The van der Waals surface area contributed by atoms with Gasteiger partial charge in [0.25, 0.3) is 0 Å². The predicted molar refractivity (Wildman–Crippen MR) is 184 cm³/mol. The van der Waals surface area contributed by atoms with Gasteiger partial charge in [0, 0.05) is 73.7 Å². The van der Waals surface area contributed by atoms with Crippen LogP contribution in [0.3, 0.4) is 0 Å². The molecule has 264 valence electrons. The van der Waals surface area contributed by atoms with Crippen molar-refractivity contribution in [2.75, 3.05) is 50.9 Å². The number of nitrogens with zero attached hydrogens (tertiary/aromatic N) is 7. The van der Waals surface area contributed by atoms with Crippen LogP contribution in [0.2, 0.25) is 0 Å². The molecule has 2 aliphatic rings. The van der Waals surface area contributed by atoms with Crippen LogP contribution in [-0.4, -0.2) is 112 Å². The molecule has 3 aromatic heterocycles. The van der Waals surface area contributed by atoms with Gasteiger partial charge in [0.1, 0.15) is 28.7 Å². The lowest BCUT2D eigenvalue weighted by atomic mass is 10.0. The molecule has 11 nitrogen and oxygen atoms in total. The molecular weight excluding hydrogens is 678 g/mol. The SMILES string of the molecule is Cc1c(CN2CCC(Nc3ncnc4sc(CC(F)(F)F)cc34)CC2)ccc2c1cc(C#N)n2CC(C)N1CCN(S(C)(=O)=O)C(CO)C1. The van der Waals surface area contributed by atoms with Crippen LogP contribution < -0.4 is 5.32 Å². The minimum absolute atomic E-state index is 0.00784. The number of fused-ring (bicyclic) bond motifs is 2. The summed E-state index contributed by atoms with van der Waals surface area (Å²) in [5.74, 6) is 0.575. The number of nitrogens with one attached hydrogen (secondary N) is 1. The van der Waals surface area contributed by atoms with Crippen LogP contribution in [0.15, 0.2) is 30.6 Å². The Morgan fingerprint density at radius 2 is 1.90 bits per heavy atom. The first-order valence-corrected chi connectivity index (χ1v) is 19.0. The number of hydrogen-bond acceptors (Lipinski definition) is 10. The topological polar surface area (TPSA) is 131 Å². The molecule has 0 radical (unpaired) electrons. The van der Waals surface area contributed by atoms with E-state index in [1.54, 1.807) is 6.07 Å². The molecule has 1 aromatic carbocycles. The van der Waals surface area contributed by atoms with Crippen molar-refractivity contribution in [3.8, 4) is 6.07 Å². The number of hydrogen-bond donors (Lipinski definition) is 2. The Kier molecular flexibility index (Phi) is 10.2. The van der Waals surface area contributed by atoms with E-state index in [1.165, 1.54) is 22.5 Å². The third-order valence-corrected chi connectivity index (χ3v) is 12.2. The zero-order valence-electron chi connectivity index (χ0n) is 27.7. The van der Waals surface area contributed by atoms with Crippen LogP contribution in [-0.2, 0) is 29.5 Å². The fourth-order valence-corrected chi connectivity index (χ4v) is 9.30. The smallest absolute Gasteiger partial charge is 0.393 e. The monoisotopic (exact) mass is 718 g/mol. The first-order valence-electron chi connectivity index (χ1n) is 16.4. The predicted octanol–water partition coefficient (Wildman–Crippen LogP) is 4.33. The Morgan fingerprint density at radius 3 is 2.57 bits per heavy atom. The van der Waals surface area contributed by atoms with Gasteiger partial charge in [0.05, 0.1) is 30.7 Å². The third kappa shape index (κ3) is 7.87. The number of piperidine rings is 1. The highest BCUT2D eigenvalue weighted by atomic mass is 32.2. The normalized spacial score (nSPS) is 19.8. The highest BCUT2D eigenvalue weighted by Crippen LogP contribution is 2.34. The molecule has 2 N–H and O–H groups in total. The first-order chi connectivity index (χ1) is 23.2. The molecule has 0 spiro atoms. The van der Waals surface area contributed by atoms with Gasteiger partial charge in [-0.2, -0.15) is 22.7 Å². The summed E-state index contributed by atoms with van der Waals surface area (Å²) in [7, 11) is -3.41. The van der Waals surface area contributed by atoms with Crippen LogP contribution >= 0.6 is 11.3 Å². The number of benzene rings is 1. The maximum absolute atomic E-state index is 13.0. The van der Waals surface area contributed by atoms with E-state index in [4.69, 9.17) is 0 Å². The second kappa shape index (κ2) is 14.1. The molecular formula is C33H41F3N8O3S2. The number of piperazine rings is 1. The Morgan fingerprint density at radius 1 is 1.14 bits per heavy atom. The van der Waals surface area contributed by atoms with Gasteiger partial charge >= 0.3 is 6.18 Å². The molecule has 2 unspecified atom stereocenters. The zero-order chi connectivity index (χ0) is 35.1. The van der Waals surface area contributed by atoms with Crippen LogP contribution in [0, 0.1) is 18.3 Å². The van der Waals surface area contributed by atoms with E-state index >= 15 is 0 Å². The number of alkyl halides is 3. The molecule has 49 heavy (non-hydrogen) atoms. The van der Waals surface area contributed by atoms with Crippen molar-refractivity contribution >= 4 is 48.3 Å². The van der Waals surface area contributed by atoms with Crippen LogP contribution in [0.4, 0.5) is 19.0 Å². The average molecular weight is 719 g/mol. The van der Waals surface area contributed by atoms with Gasteiger partial charge in [0.15, 0.2) is 0 Å². The molecule has 5 heterocycles. The Labute approximate surface area is 288 Å². The van der Waals surface area contributed by atoms with Crippen LogP contribution in [0.5, 0.6) is 0 Å². The van der Waals surface area contributed by atoms with Crippen LogP contribution in [0.25, 0.3) is 21.1 Å². The number of nitriles is 1. The number of rotatable bonds is 10. The summed E-state index contributed by atoms with van der Waals surface area (Å²) < 4.78 is 66.6. The van der Waals surface area contributed by atoms with Gasteiger partial charge in [-0.05, 0) is 56.0 Å². The van der Waals surface area contributed by atoms with Crippen molar-refractivity contribution in [3.05, 3.63) is 52.3 Å². The standard InChI is InChI=1S/C33H41F3N8O3S2/c1-21(42-10-11-44(49(3,46)47)26(18-42)19-45)16-43-25(15-37)12-28-22(2)23(4-5-30(28)43)17-41-8-6-24(7-9-41)40-31-29-13-27(14-33(34,35)36)48-32(29)39-20-38-31/h4-5,12-13,20-21,24,26,45H,6-11,14,16-19H2,1-3H3,(H,38,39,40). The number of aliphatic hydroxyl groups excluding tert-OH is 1. The molecule has 2 saturated heterocycles. The lowest BCUT2D eigenvalue weighted by molar-refractivity contribution is -0.126. The highest BCUT2D eigenvalue weighted by Gasteiger charge is 2.34. The molecule has 2 aliphatic heterocycles. The first kappa shape index (κ1) is 35.5. The summed E-state index contributed by atoms with van der Waals surface area (Å²) in [6.45, 7) is 8.17. The van der Waals surface area contributed by atoms with Gasteiger partial charge in [-0.1, -0.05) is 6.07 Å². The van der Waals surface area contributed by atoms with Gasteiger partial charge in [-0.3, -0.25) is 9.80 Å². The molecule has 6 rings (SSSR count). The Bertz CT molecular complexity index is 1970. The van der Waals surface area contributed by atoms with Crippen molar-refractivity contribution in [1.29, 1.82) is 5.26 Å². The minimum atomic E-state index is -4.27. The van der Waals surface area contributed by atoms with E-state index in [2.05, 4.69) is 57.1 Å². The van der Waals surface area contributed by atoms with Crippen molar-refractivity contribution < 1.29 is 26.7 Å². The number of likely N-dealkylation sites (tertiary alicyclic amines) is 1. The van der Waals surface area contributed by atoms with Gasteiger partial charge in [0.2, 0.25) is 10.0 Å². The number of sulfonamides is 1. The summed E-state index contributed by atoms with van der Waals surface area (Å²) >= 11 is 1.05. The number of aryl methyl sites for hydroxylation is 1. The third-order valence-electron chi connectivity index (χ3n) is 9.83. The van der Waals surface area contributed by atoms with Crippen LogP contribution in [0.1, 0.15) is 41.5 Å². The quantitative estimate of drug-likeness (QED) is 0.246. The molecule has 2 fully saturated rings. The fourth-order valence-electron chi connectivity index (χ4n) is 7.18. The summed E-state index contributed by atoms with van der Waals surface area (Å²) in [5, 5.41) is 25.1. The van der Waals surface area contributed by atoms with E-state index in [-0.39, 0.29) is 23.6 Å². The number of thiophene rings is 1. The molecule has 0 saturated carbocycles. The summed E-state index contributed by atoms with van der Waals surface area (Å²) in [6.07, 6.45) is -0.971. The maximum atomic E-state index is 13.0. The summed E-state index contributed by atoms with van der Waals surface area (Å²) in [5.41, 5.74) is 3.85. The number of aromatic nitrogens is 3. The average Bonchev–Trinajstić information content (AvgIpc) is 3.62. The van der Waals surface area contributed by atoms with Gasteiger partial charge in [-0.25, -0.2) is 18.4 Å². The second-order valence-corrected chi connectivity index (χ2v) is 16.3. The van der Waals surface area contributed by atoms with E-state index in [9.17, 15) is 32.0 Å². The van der Waals surface area contributed by atoms with Crippen molar-refractivity contribution in [3.63, 3.8) is 0 Å². The van der Waals surface area contributed by atoms with Gasteiger partial charge < -0.3 is 15.0 Å². The van der Waals surface area contributed by atoms with E-state index < -0.39 is 28.7 Å². The molecule has 4 aromatic rings. The lowest BCUT2D eigenvalue weighted by Gasteiger charge is -2.42. The van der Waals surface area contributed by atoms with Crippen molar-refractivity contribution in [2.45, 2.75) is 70.5 Å². The van der Waals surface area contributed by atoms with Crippen molar-refractivity contribution in [2.24, 2.45) is 0 Å². The van der Waals surface area contributed by atoms with E-state index in [1.807, 2.05) is 10.6 Å². The summed E-state index contributed by atoms with van der Waals surface area (Å²) in [4.78, 5) is 13.9. The minimum Gasteiger partial charge on any atom is -0.395 e. The molecule has 2 atom stereocenters. The second-order valence-electron chi connectivity index (χ2n) is 13.2. The van der Waals surface area contributed by atoms with E-state index in [0.29, 0.717) is 47.9 Å². The van der Waals surface area contributed by atoms with Gasteiger partial charge in [-0.15, -0.1) is 11.3 Å². The lowest BCUT2D eigenvalue weighted by Crippen LogP contribution is -2.58. The molecule has 16 heteroatoms. The van der Waals surface area contributed by atoms with E-state index in [0.717, 1.165) is 60.3 Å². The zero-order valence-corrected chi connectivity index (χ0v) is 29.4. The Balaban J connectivity index is 1.09. The van der Waals surface area contributed by atoms with Crippen molar-refractivity contribution in [1.82, 2.24) is 28.6 Å². The highest BCUT2D eigenvalue weighted by molar-refractivity contribution is 7.88. The largest absolute Gasteiger partial charge is 0.395 e.